The van der Waals surface area contributed by atoms with Crippen molar-refractivity contribution >= 4 is 12.1 Å². The zero-order chi connectivity index (χ0) is 17.9. The number of amides is 1. The SMILES string of the molecule is Cc1cc(C(C)(C)C)cc(OC(=O)c2ccccc2)c1OC(N)=O. The predicted molar refractivity (Wildman–Crippen MR) is 91.5 cm³/mol. The van der Waals surface area contributed by atoms with Gasteiger partial charge < -0.3 is 15.2 Å². The molecule has 0 fully saturated rings. The summed E-state index contributed by atoms with van der Waals surface area (Å²) in [5.74, 6) is -0.206. The number of carbonyl (C=O) groups is 2. The van der Waals surface area contributed by atoms with Crippen molar-refractivity contribution in [1.29, 1.82) is 0 Å². The third-order valence-electron chi connectivity index (χ3n) is 3.52. The molecular formula is C19H21NO4. The van der Waals surface area contributed by atoms with Crippen molar-refractivity contribution in [2.45, 2.75) is 33.1 Å². The zero-order valence-electron chi connectivity index (χ0n) is 14.3. The second kappa shape index (κ2) is 6.74. The largest absolute Gasteiger partial charge is 0.419 e. The van der Waals surface area contributed by atoms with Gasteiger partial charge in [0.15, 0.2) is 11.5 Å². The summed E-state index contributed by atoms with van der Waals surface area (Å²) in [6.45, 7) is 7.89. The third kappa shape index (κ3) is 4.13. The molecule has 0 aliphatic carbocycles. The molecular weight excluding hydrogens is 306 g/mol. The molecule has 2 aromatic rings. The van der Waals surface area contributed by atoms with E-state index in [0.717, 1.165) is 5.56 Å². The third-order valence-corrected chi connectivity index (χ3v) is 3.52. The van der Waals surface area contributed by atoms with Crippen molar-refractivity contribution in [3.63, 3.8) is 0 Å². The van der Waals surface area contributed by atoms with Crippen LogP contribution in [-0.4, -0.2) is 12.1 Å². The van der Waals surface area contributed by atoms with Gasteiger partial charge in [0.05, 0.1) is 5.56 Å². The molecule has 0 radical (unpaired) electrons. The molecule has 126 valence electrons. The Hall–Kier alpha value is -2.82. The lowest BCUT2D eigenvalue weighted by atomic mass is 9.86. The van der Waals surface area contributed by atoms with E-state index in [9.17, 15) is 9.59 Å². The highest BCUT2D eigenvalue weighted by Crippen LogP contribution is 2.37. The molecule has 2 aromatic carbocycles. The Kier molecular flexibility index (Phi) is 4.93. The Morgan fingerprint density at radius 1 is 1.00 bits per heavy atom. The minimum Gasteiger partial charge on any atom is -0.419 e. The Morgan fingerprint density at radius 2 is 1.62 bits per heavy atom. The summed E-state index contributed by atoms with van der Waals surface area (Å²) in [4.78, 5) is 23.5. The van der Waals surface area contributed by atoms with Gasteiger partial charge in [-0.05, 0) is 41.7 Å². The maximum Gasteiger partial charge on any atom is 0.410 e. The molecule has 24 heavy (non-hydrogen) atoms. The van der Waals surface area contributed by atoms with Crippen LogP contribution in [0.3, 0.4) is 0 Å². The van der Waals surface area contributed by atoms with Gasteiger partial charge in [-0.2, -0.15) is 0 Å². The van der Waals surface area contributed by atoms with Crippen molar-refractivity contribution < 1.29 is 19.1 Å². The van der Waals surface area contributed by atoms with Crippen LogP contribution in [0.4, 0.5) is 4.79 Å². The van der Waals surface area contributed by atoms with E-state index in [-0.39, 0.29) is 16.9 Å². The van der Waals surface area contributed by atoms with Gasteiger partial charge in [-0.3, -0.25) is 0 Å². The van der Waals surface area contributed by atoms with Crippen molar-refractivity contribution in [1.82, 2.24) is 0 Å². The molecule has 0 saturated heterocycles. The summed E-state index contributed by atoms with van der Waals surface area (Å²) in [6, 6.07) is 12.2. The van der Waals surface area contributed by atoms with Crippen LogP contribution in [0.25, 0.3) is 0 Å². The van der Waals surface area contributed by atoms with E-state index in [1.807, 2.05) is 32.9 Å². The number of nitrogens with two attached hydrogens (primary N) is 1. The molecule has 0 aliphatic heterocycles. The molecule has 2 N–H and O–H groups in total. The van der Waals surface area contributed by atoms with E-state index in [0.29, 0.717) is 11.1 Å². The molecule has 2 rings (SSSR count). The minimum absolute atomic E-state index is 0.153. The van der Waals surface area contributed by atoms with Gasteiger partial charge in [0.1, 0.15) is 0 Å². The van der Waals surface area contributed by atoms with Crippen molar-refractivity contribution in [3.05, 3.63) is 59.2 Å². The van der Waals surface area contributed by atoms with Crippen LogP contribution in [0.5, 0.6) is 11.5 Å². The van der Waals surface area contributed by atoms with Crippen molar-refractivity contribution in [2.75, 3.05) is 0 Å². The number of carbonyl (C=O) groups excluding carboxylic acids is 2. The Labute approximate surface area is 141 Å². The van der Waals surface area contributed by atoms with Crippen LogP contribution in [0, 0.1) is 6.92 Å². The fraction of sp³-hybridized carbons (Fsp3) is 0.263. The van der Waals surface area contributed by atoms with Gasteiger partial charge >= 0.3 is 12.1 Å². The quantitative estimate of drug-likeness (QED) is 0.683. The molecule has 5 nitrogen and oxygen atoms in total. The maximum atomic E-state index is 12.3. The Morgan fingerprint density at radius 3 is 2.17 bits per heavy atom. The van der Waals surface area contributed by atoms with E-state index >= 15 is 0 Å². The molecule has 0 saturated carbocycles. The Balaban J connectivity index is 2.46. The highest BCUT2D eigenvalue weighted by Gasteiger charge is 2.22. The van der Waals surface area contributed by atoms with E-state index in [1.54, 1.807) is 37.3 Å². The van der Waals surface area contributed by atoms with Gasteiger partial charge in [0.25, 0.3) is 0 Å². The fourth-order valence-electron chi connectivity index (χ4n) is 2.21. The standard InChI is InChI=1S/C19H21NO4/c1-12-10-14(19(2,3)4)11-15(16(12)24-18(20)22)23-17(21)13-8-6-5-7-9-13/h5-11H,1-4H3,(H2,20,22). The molecule has 0 spiro atoms. The van der Waals surface area contributed by atoms with Crippen molar-refractivity contribution in [3.8, 4) is 11.5 Å². The number of aryl methyl sites for hydroxylation is 1. The minimum atomic E-state index is -0.960. The topological polar surface area (TPSA) is 78.6 Å². The van der Waals surface area contributed by atoms with E-state index < -0.39 is 12.1 Å². The fourth-order valence-corrected chi connectivity index (χ4v) is 2.21. The second-order valence-corrected chi connectivity index (χ2v) is 6.55. The van der Waals surface area contributed by atoms with Crippen LogP contribution in [0.2, 0.25) is 0 Å². The first-order valence-electron chi connectivity index (χ1n) is 7.58. The van der Waals surface area contributed by atoms with Crippen LogP contribution >= 0.6 is 0 Å². The highest BCUT2D eigenvalue weighted by atomic mass is 16.6. The monoisotopic (exact) mass is 327 g/mol. The average molecular weight is 327 g/mol. The number of ether oxygens (including phenoxy) is 2. The smallest absolute Gasteiger partial charge is 0.410 e. The number of hydrogen-bond acceptors (Lipinski definition) is 4. The second-order valence-electron chi connectivity index (χ2n) is 6.55. The highest BCUT2D eigenvalue weighted by molar-refractivity contribution is 5.91. The van der Waals surface area contributed by atoms with Gasteiger partial charge in [0.2, 0.25) is 0 Å². The normalized spacial score (nSPS) is 11.0. The number of hydrogen-bond donors (Lipinski definition) is 1. The summed E-state index contributed by atoms with van der Waals surface area (Å²) in [6.07, 6.45) is -0.960. The summed E-state index contributed by atoms with van der Waals surface area (Å²) in [5, 5.41) is 0. The van der Waals surface area contributed by atoms with Crippen LogP contribution in [0.15, 0.2) is 42.5 Å². The number of benzene rings is 2. The first kappa shape index (κ1) is 17.5. The zero-order valence-corrected chi connectivity index (χ0v) is 14.3. The Bertz CT molecular complexity index is 761. The lowest BCUT2D eigenvalue weighted by Gasteiger charge is -2.22. The maximum absolute atomic E-state index is 12.3. The van der Waals surface area contributed by atoms with Crippen molar-refractivity contribution in [2.24, 2.45) is 5.73 Å². The van der Waals surface area contributed by atoms with Crippen LogP contribution in [-0.2, 0) is 5.41 Å². The molecule has 0 aliphatic rings. The average Bonchev–Trinajstić information content (AvgIpc) is 2.50. The van der Waals surface area contributed by atoms with E-state index in [2.05, 4.69) is 0 Å². The van der Waals surface area contributed by atoms with Gasteiger partial charge in [-0.1, -0.05) is 45.0 Å². The summed E-state index contributed by atoms with van der Waals surface area (Å²) < 4.78 is 10.5. The van der Waals surface area contributed by atoms with E-state index in [1.165, 1.54) is 0 Å². The molecule has 0 bridgehead atoms. The van der Waals surface area contributed by atoms with Crippen LogP contribution < -0.4 is 15.2 Å². The number of rotatable bonds is 3. The molecule has 1 amide bonds. The van der Waals surface area contributed by atoms with Crippen LogP contribution in [0.1, 0.15) is 42.3 Å². The van der Waals surface area contributed by atoms with Gasteiger partial charge in [0, 0.05) is 0 Å². The van der Waals surface area contributed by atoms with Gasteiger partial charge in [-0.25, -0.2) is 9.59 Å². The lowest BCUT2D eigenvalue weighted by molar-refractivity contribution is 0.0729. The predicted octanol–water partition coefficient (Wildman–Crippen LogP) is 3.97. The number of esters is 1. The molecule has 0 heterocycles. The number of primary amides is 1. The summed E-state index contributed by atoms with van der Waals surface area (Å²) in [5.41, 5.74) is 6.98. The summed E-state index contributed by atoms with van der Waals surface area (Å²) in [7, 11) is 0. The molecule has 0 atom stereocenters. The first-order valence-corrected chi connectivity index (χ1v) is 7.58. The van der Waals surface area contributed by atoms with E-state index in [4.69, 9.17) is 15.2 Å². The van der Waals surface area contributed by atoms with Gasteiger partial charge in [-0.15, -0.1) is 0 Å². The molecule has 0 aromatic heterocycles. The summed E-state index contributed by atoms with van der Waals surface area (Å²) >= 11 is 0. The molecule has 0 unspecified atom stereocenters. The molecule has 5 heteroatoms. The first-order chi connectivity index (χ1) is 11.2. The lowest BCUT2D eigenvalue weighted by Crippen LogP contribution is -2.19.